The highest BCUT2D eigenvalue weighted by molar-refractivity contribution is 6.08. The van der Waals surface area contributed by atoms with Gasteiger partial charge in [-0.3, -0.25) is 19.8 Å². The molecule has 0 radical (unpaired) electrons. The molecule has 0 aromatic heterocycles. The third-order valence-electron chi connectivity index (χ3n) is 6.19. The van der Waals surface area contributed by atoms with Crippen LogP contribution >= 0.6 is 0 Å². The van der Waals surface area contributed by atoms with E-state index in [0.717, 1.165) is 17.0 Å². The van der Waals surface area contributed by atoms with Crippen molar-refractivity contribution < 1.29 is 14.4 Å². The molecule has 24 heavy (non-hydrogen) atoms. The van der Waals surface area contributed by atoms with E-state index in [2.05, 4.69) is 17.6 Å². The quantitative estimate of drug-likeness (QED) is 0.666. The molecular formula is C19H18N2O3. The molecule has 1 aromatic carbocycles. The molecule has 1 aliphatic heterocycles. The molecule has 3 amide bonds. The van der Waals surface area contributed by atoms with E-state index in [9.17, 15) is 14.4 Å². The van der Waals surface area contributed by atoms with Crippen LogP contribution in [0.5, 0.6) is 0 Å². The van der Waals surface area contributed by atoms with Gasteiger partial charge < -0.3 is 0 Å². The fourth-order valence-corrected chi connectivity index (χ4v) is 4.94. The number of nitrogens with zero attached hydrogens (tertiary/aromatic N) is 1. The van der Waals surface area contributed by atoms with E-state index in [1.807, 2.05) is 19.1 Å². The zero-order valence-electron chi connectivity index (χ0n) is 13.3. The Labute approximate surface area is 139 Å². The number of rotatable bonds is 2. The summed E-state index contributed by atoms with van der Waals surface area (Å²) in [6, 6.07) is 7.06. The number of hydrogen-bond acceptors (Lipinski definition) is 3. The number of imide groups is 1. The van der Waals surface area contributed by atoms with Gasteiger partial charge in [0.2, 0.25) is 0 Å². The predicted molar refractivity (Wildman–Crippen MR) is 85.2 cm³/mol. The van der Waals surface area contributed by atoms with Crippen molar-refractivity contribution in [2.75, 3.05) is 0 Å². The molecule has 1 heterocycles. The topological polar surface area (TPSA) is 66.5 Å². The van der Waals surface area contributed by atoms with E-state index in [1.165, 1.54) is 0 Å². The largest absolute Gasteiger partial charge is 0.272 e. The van der Waals surface area contributed by atoms with E-state index in [1.54, 1.807) is 12.1 Å². The SMILES string of the molecule is Cc1ccc(C(=O)NN2C(=O)[C@@H]3[C@@H]4C=C[C@@H]([C@H]5C[C@@H]45)[C@@H]3C2=O)cc1. The van der Waals surface area contributed by atoms with E-state index in [4.69, 9.17) is 0 Å². The Balaban J connectivity index is 1.40. The summed E-state index contributed by atoms with van der Waals surface area (Å²) in [6.07, 6.45) is 5.37. The van der Waals surface area contributed by atoms with Crippen molar-refractivity contribution in [2.24, 2.45) is 35.5 Å². The van der Waals surface area contributed by atoms with Crippen LogP contribution in [0.2, 0.25) is 0 Å². The lowest BCUT2D eigenvalue weighted by molar-refractivity contribution is -0.143. The summed E-state index contributed by atoms with van der Waals surface area (Å²) < 4.78 is 0. The molecule has 2 bridgehead atoms. The Morgan fingerprint density at radius 1 is 1.00 bits per heavy atom. The Kier molecular flexibility index (Phi) is 2.65. The lowest BCUT2D eigenvalue weighted by Crippen LogP contribution is -2.46. The van der Waals surface area contributed by atoms with Crippen molar-refractivity contribution in [3.63, 3.8) is 0 Å². The van der Waals surface area contributed by atoms with Crippen LogP contribution in [-0.2, 0) is 9.59 Å². The monoisotopic (exact) mass is 322 g/mol. The molecule has 122 valence electrons. The Hall–Kier alpha value is -2.43. The minimum absolute atomic E-state index is 0.169. The fraction of sp³-hybridized carbons (Fsp3) is 0.421. The number of nitrogens with one attached hydrogen (secondary N) is 1. The highest BCUT2D eigenvalue weighted by atomic mass is 16.2. The first-order chi connectivity index (χ1) is 11.6. The maximum absolute atomic E-state index is 12.8. The van der Waals surface area contributed by atoms with Crippen molar-refractivity contribution in [2.45, 2.75) is 13.3 Å². The standard InChI is InChI=1S/C19H18N2O3/c1-9-2-4-10(5-3-9)17(22)20-21-18(23)15-11-6-7-12(14-8-13(11)14)16(15)19(21)24/h2-7,11-16H,8H2,1H3,(H,20,22)/t11-,12+,13+,14-,15-,16+. The number of benzene rings is 1. The van der Waals surface area contributed by atoms with E-state index in [-0.39, 0.29) is 35.5 Å². The smallest absolute Gasteiger partial charge is 0.270 e. The van der Waals surface area contributed by atoms with E-state index in [0.29, 0.717) is 17.4 Å². The minimum atomic E-state index is -0.416. The zero-order chi connectivity index (χ0) is 16.6. The number of amides is 3. The maximum Gasteiger partial charge on any atom is 0.270 e. The molecule has 0 unspecified atom stereocenters. The predicted octanol–water partition coefficient (Wildman–Crippen LogP) is 1.69. The zero-order valence-corrected chi connectivity index (χ0v) is 13.3. The molecule has 6 rings (SSSR count). The van der Waals surface area contributed by atoms with Gasteiger partial charge in [-0.25, -0.2) is 0 Å². The number of allylic oxidation sites excluding steroid dienone is 2. The van der Waals surface area contributed by atoms with Gasteiger partial charge in [0.1, 0.15) is 0 Å². The van der Waals surface area contributed by atoms with Gasteiger partial charge in [-0.15, -0.1) is 0 Å². The van der Waals surface area contributed by atoms with Crippen LogP contribution < -0.4 is 5.43 Å². The third kappa shape index (κ3) is 1.72. The molecule has 0 spiro atoms. The Morgan fingerprint density at radius 2 is 1.54 bits per heavy atom. The summed E-state index contributed by atoms with van der Waals surface area (Å²) >= 11 is 0. The highest BCUT2D eigenvalue weighted by Crippen LogP contribution is 2.65. The average molecular weight is 322 g/mol. The van der Waals surface area contributed by atoms with E-state index < -0.39 is 5.91 Å². The van der Waals surface area contributed by atoms with E-state index >= 15 is 0 Å². The number of hydrogen-bond donors (Lipinski definition) is 1. The highest BCUT2D eigenvalue weighted by Gasteiger charge is 2.67. The second-order valence-corrected chi connectivity index (χ2v) is 7.47. The first-order valence-corrected chi connectivity index (χ1v) is 8.50. The van der Waals surface area contributed by atoms with Crippen LogP contribution in [0.3, 0.4) is 0 Å². The first-order valence-electron chi connectivity index (χ1n) is 8.50. The van der Waals surface area contributed by atoms with Gasteiger partial charge in [-0.1, -0.05) is 29.8 Å². The van der Waals surface area contributed by atoms with Crippen molar-refractivity contribution in [3.05, 3.63) is 47.5 Å². The molecule has 5 nitrogen and oxygen atoms in total. The van der Waals surface area contributed by atoms with Gasteiger partial charge in [0.05, 0.1) is 11.8 Å². The Morgan fingerprint density at radius 3 is 2.08 bits per heavy atom. The molecule has 5 heteroatoms. The Bertz CT molecular complexity index is 761. The molecule has 3 fully saturated rings. The fourth-order valence-electron chi connectivity index (χ4n) is 4.94. The summed E-state index contributed by atoms with van der Waals surface area (Å²) in [5, 5.41) is 0.981. The van der Waals surface area contributed by atoms with Crippen LogP contribution in [0.15, 0.2) is 36.4 Å². The van der Waals surface area contributed by atoms with Crippen molar-refractivity contribution >= 4 is 17.7 Å². The van der Waals surface area contributed by atoms with Crippen LogP contribution in [0, 0.1) is 42.4 Å². The van der Waals surface area contributed by atoms with Gasteiger partial charge >= 0.3 is 0 Å². The summed E-state index contributed by atoms with van der Waals surface area (Å²) in [5.41, 5.74) is 4.03. The summed E-state index contributed by atoms with van der Waals surface area (Å²) in [6.45, 7) is 1.94. The normalized spacial score (nSPS) is 38.1. The molecule has 2 saturated carbocycles. The van der Waals surface area contributed by atoms with Gasteiger partial charge in [-0.05, 0) is 49.1 Å². The number of aryl methyl sites for hydroxylation is 1. The van der Waals surface area contributed by atoms with Crippen molar-refractivity contribution in [1.82, 2.24) is 10.4 Å². The summed E-state index contributed by atoms with van der Waals surface area (Å²) in [4.78, 5) is 38.0. The second kappa shape index (κ2) is 4.56. The number of carbonyl (C=O) groups excluding carboxylic acids is 3. The van der Waals surface area contributed by atoms with Gasteiger partial charge in [0.15, 0.2) is 0 Å². The molecule has 5 aliphatic rings. The molecule has 1 saturated heterocycles. The van der Waals surface area contributed by atoms with Crippen LogP contribution in [0.25, 0.3) is 0 Å². The van der Waals surface area contributed by atoms with Gasteiger partial charge in [-0.2, -0.15) is 5.01 Å². The molecular weight excluding hydrogens is 304 g/mol. The van der Waals surface area contributed by atoms with Gasteiger partial charge in [0.25, 0.3) is 17.7 Å². The average Bonchev–Trinajstić information content (AvgIpc) is 3.36. The third-order valence-corrected chi connectivity index (χ3v) is 6.19. The maximum atomic E-state index is 12.8. The number of carbonyl (C=O) groups is 3. The number of hydrazine groups is 1. The summed E-state index contributed by atoms with van der Waals surface area (Å²) in [7, 11) is 0. The van der Waals surface area contributed by atoms with Gasteiger partial charge in [0, 0.05) is 5.56 Å². The molecule has 6 atom stereocenters. The first kappa shape index (κ1) is 14.0. The van der Waals surface area contributed by atoms with Crippen LogP contribution in [0.4, 0.5) is 0 Å². The second-order valence-electron chi connectivity index (χ2n) is 7.47. The van der Waals surface area contributed by atoms with Crippen molar-refractivity contribution in [3.8, 4) is 0 Å². The summed E-state index contributed by atoms with van der Waals surface area (Å²) in [5.74, 6) is -0.00257. The lowest BCUT2D eigenvalue weighted by atomic mass is 9.63. The molecule has 1 N–H and O–H groups in total. The molecule has 1 aromatic rings. The lowest BCUT2D eigenvalue weighted by Gasteiger charge is -2.37. The van der Waals surface area contributed by atoms with Crippen LogP contribution in [0.1, 0.15) is 22.3 Å². The van der Waals surface area contributed by atoms with Crippen molar-refractivity contribution in [1.29, 1.82) is 0 Å². The van der Waals surface area contributed by atoms with Crippen LogP contribution in [-0.4, -0.2) is 22.7 Å². The molecule has 4 aliphatic carbocycles. The minimum Gasteiger partial charge on any atom is -0.272 e.